The minimum atomic E-state index is -0.246. The Kier molecular flexibility index (Phi) is 4.37. The second kappa shape index (κ2) is 6.46. The maximum absolute atomic E-state index is 12.3. The van der Waals surface area contributed by atoms with E-state index in [1.165, 1.54) is 0 Å². The summed E-state index contributed by atoms with van der Waals surface area (Å²) < 4.78 is 2.07. The summed E-state index contributed by atoms with van der Waals surface area (Å²) in [6.45, 7) is 5.20. The first-order valence-electron chi connectivity index (χ1n) is 8.05. The molecular formula is C16H22N6O2. The van der Waals surface area contributed by atoms with Crippen LogP contribution in [0.5, 0.6) is 0 Å². The van der Waals surface area contributed by atoms with Crippen LogP contribution < -0.4 is 10.9 Å². The molecule has 0 spiro atoms. The molecule has 24 heavy (non-hydrogen) atoms. The lowest BCUT2D eigenvalue weighted by molar-refractivity contribution is 0.204. The van der Waals surface area contributed by atoms with Crippen molar-refractivity contribution in [1.82, 2.24) is 30.0 Å². The van der Waals surface area contributed by atoms with Crippen LogP contribution >= 0.6 is 0 Å². The lowest BCUT2D eigenvalue weighted by Gasteiger charge is -2.18. The van der Waals surface area contributed by atoms with Gasteiger partial charge in [-0.3, -0.25) is 4.79 Å². The minimum Gasteiger partial charge on any atom is -0.334 e. The fourth-order valence-electron chi connectivity index (χ4n) is 3.01. The monoisotopic (exact) mass is 330 g/mol. The lowest BCUT2D eigenvalue weighted by Crippen LogP contribution is -2.38. The van der Waals surface area contributed by atoms with Crippen molar-refractivity contribution in [3.8, 4) is 0 Å². The highest BCUT2D eigenvalue weighted by Crippen LogP contribution is 2.15. The second-order valence-electron chi connectivity index (χ2n) is 6.25. The predicted molar refractivity (Wildman–Crippen MR) is 88.6 cm³/mol. The third kappa shape index (κ3) is 3.17. The Hall–Kier alpha value is -2.64. The molecule has 0 saturated carbocycles. The second-order valence-corrected chi connectivity index (χ2v) is 6.25. The number of aromatic amines is 1. The summed E-state index contributed by atoms with van der Waals surface area (Å²) in [6.07, 6.45) is 2.02. The molecule has 3 rings (SSSR count). The SMILES string of the molecule is Cc1cc(C)c(CNC(=O)N(C)Cc2nnc3n2CCC3)c(=O)[nH]1. The Balaban J connectivity index is 1.62. The Morgan fingerprint density at radius 1 is 1.42 bits per heavy atom. The van der Waals surface area contributed by atoms with Gasteiger partial charge in [0.1, 0.15) is 5.82 Å². The summed E-state index contributed by atoms with van der Waals surface area (Å²) >= 11 is 0. The third-order valence-corrected chi connectivity index (χ3v) is 4.32. The minimum absolute atomic E-state index is 0.161. The lowest BCUT2D eigenvalue weighted by atomic mass is 10.1. The fraction of sp³-hybridized carbons (Fsp3) is 0.500. The normalized spacial score (nSPS) is 13.0. The van der Waals surface area contributed by atoms with Gasteiger partial charge in [-0.15, -0.1) is 10.2 Å². The van der Waals surface area contributed by atoms with Crippen molar-refractivity contribution < 1.29 is 4.79 Å². The van der Waals surface area contributed by atoms with Crippen molar-refractivity contribution in [2.45, 2.75) is 46.3 Å². The molecule has 0 aliphatic carbocycles. The molecule has 0 aromatic carbocycles. The molecular weight excluding hydrogens is 308 g/mol. The summed E-state index contributed by atoms with van der Waals surface area (Å²) in [5, 5.41) is 11.1. The first-order chi connectivity index (χ1) is 11.5. The quantitative estimate of drug-likeness (QED) is 0.869. The van der Waals surface area contributed by atoms with Crippen molar-refractivity contribution in [3.63, 3.8) is 0 Å². The molecule has 2 N–H and O–H groups in total. The maximum atomic E-state index is 12.3. The van der Waals surface area contributed by atoms with Gasteiger partial charge in [0.2, 0.25) is 0 Å². The number of H-pyrrole nitrogens is 1. The van der Waals surface area contributed by atoms with Crippen molar-refractivity contribution in [3.05, 3.63) is 44.9 Å². The molecule has 1 aliphatic heterocycles. The highest BCUT2D eigenvalue weighted by atomic mass is 16.2. The van der Waals surface area contributed by atoms with E-state index in [0.29, 0.717) is 12.1 Å². The van der Waals surface area contributed by atoms with Gasteiger partial charge in [-0.1, -0.05) is 0 Å². The summed E-state index contributed by atoms with van der Waals surface area (Å²) in [5.74, 6) is 1.78. The Labute approximate surface area is 139 Å². The van der Waals surface area contributed by atoms with Gasteiger partial charge in [0.25, 0.3) is 5.56 Å². The number of amides is 2. The summed E-state index contributed by atoms with van der Waals surface area (Å²) in [7, 11) is 1.71. The van der Waals surface area contributed by atoms with Crippen LogP contribution in [0.4, 0.5) is 4.79 Å². The van der Waals surface area contributed by atoms with Crippen LogP contribution in [0.3, 0.4) is 0 Å². The number of nitrogens with zero attached hydrogens (tertiary/aromatic N) is 4. The number of aryl methyl sites for hydroxylation is 3. The zero-order valence-electron chi connectivity index (χ0n) is 14.2. The number of pyridine rings is 1. The zero-order chi connectivity index (χ0) is 17.3. The van der Waals surface area contributed by atoms with Gasteiger partial charge in [-0.05, 0) is 31.9 Å². The number of carbonyl (C=O) groups excluding carboxylic acids is 1. The van der Waals surface area contributed by atoms with E-state index < -0.39 is 0 Å². The van der Waals surface area contributed by atoms with Crippen LogP contribution in [0, 0.1) is 13.8 Å². The van der Waals surface area contributed by atoms with Gasteiger partial charge in [0, 0.05) is 31.3 Å². The molecule has 2 aromatic heterocycles. The van der Waals surface area contributed by atoms with Crippen LogP contribution in [0.15, 0.2) is 10.9 Å². The van der Waals surface area contributed by atoms with Crippen LogP contribution in [-0.2, 0) is 26.1 Å². The number of carbonyl (C=O) groups is 1. The van der Waals surface area contributed by atoms with Crippen LogP contribution in [0.25, 0.3) is 0 Å². The highest BCUT2D eigenvalue weighted by molar-refractivity contribution is 5.73. The molecule has 2 amide bonds. The van der Waals surface area contributed by atoms with Gasteiger partial charge in [0.15, 0.2) is 5.82 Å². The van der Waals surface area contributed by atoms with Crippen LogP contribution in [0.2, 0.25) is 0 Å². The van der Waals surface area contributed by atoms with Crippen molar-refractivity contribution in [2.24, 2.45) is 0 Å². The smallest absolute Gasteiger partial charge is 0.317 e. The Morgan fingerprint density at radius 3 is 2.96 bits per heavy atom. The molecule has 128 valence electrons. The number of urea groups is 1. The van der Waals surface area contributed by atoms with Crippen LogP contribution in [-0.4, -0.2) is 37.7 Å². The molecule has 8 heteroatoms. The molecule has 0 radical (unpaired) electrons. The number of nitrogens with one attached hydrogen (secondary N) is 2. The number of aromatic nitrogens is 4. The molecule has 3 heterocycles. The summed E-state index contributed by atoms with van der Waals surface area (Å²) in [5.41, 5.74) is 2.09. The van der Waals surface area contributed by atoms with E-state index in [2.05, 4.69) is 25.1 Å². The van der Waals surface area contributed by atoms with E-state index in [9.17, 15) is 9.59 Å². The van der Waals surface area contributed by atoms with Crippen LogP contribution in [0.1, 0.15) is 34.9 Å². The zero-order valence-corrected chi connectivity index (χ0v) is 14.2. The van der Waals surface area contributed by atoms with Crippen molar-refractivity contribution >= 4 is 6.03 Å². The van der Waals surface area contributed by atoms with E-state index in [0.717, 1.165) is 42.3 Å². The Morgan fingerprint density at radius 2 is 2.21 bits per heavy atom. The van der Waals surface area contributed by atoms with Gasteiger partial charge in [0.05, 0.1) is 13.1 Å². The average molecular weight is 330 g/mol. The largest absolute Gasteiger partial charge is 0.334 e. The maximum Gasteiger partial charge on any atom is 0.317 e. The topological polar surface area (TPSA) is 95.9 Å². The van der Waals surface area contributed by atoms with Crippen molar-refractivity contribution in [1.29, 1.82) is 0 Å². The van der Waals surface area contributed by atoms with Gasteiger partial charge in [-0.2, -0.15) is 0 Å². The fourth-order valence-corrected chi connectivity index (χ4v) is 3.01. The number of rotatable bonds is 4. The third-order valence-electron chi connectivity index (χ3n) is 4.32. The molecule has 0 bridgehead atoms. The first kappa shape index (κ1) is 16.2. The van der Waals surface area contributed by atoms with E-state index in [4.69, 9.17) is 0 Å². The number of fused-ring (bicyclic) bond motifs is 1. The van der Waals surface area contributed by atoms with Crippen molar-refractivity contribution in [2.75, 3.05) is 7.05 Å². The highest BCUT2D eigenvalue weighted by Gasteiger charge is 2.20. The molecule has 0 fully saturated rings. The first-order valence-corrected chi connectivity index (χ1v) is 8.05. The van der Waals surface area contributed by atoms with E-state index in [1.807, 2.05) is 19.9 Å². The predicted octanol–water partition coefficient (Wildman–Crippen LogP) is 0.871. The number of hydrogen-bond donors (Lipinski definition) is 2. The average Bonchev–Trinajstić information content (AvgIpc) is 3.10. The number of hydrogen-bond acceptors (Lipinski definition) is 4. The Bertz CT molecular complexity index is 822. The summed E-state index contributed by atoms with van der Waals surface area (Å²) in [6, 6.07) is 1.65. The molecule has 8 nitrogen and oxygen atoms in total. The van der Waals surface area contributed by atoms with Gasteiger partial charge >= 0.3 is 6.03 Å². The molecule has 0 atom stereocenters. The molecule has 0 saturated heterocycles. The van der Waals surface area contributed by atoms with E-state index >= 15 is 0 Å². The van der Waals surface area contributed by atoms with Gasteiger partial charge < -0.3 is 19.8 Å². The standard InChI is InChI=1S/C16H22N6O2/c1-10-7-11(2)18-15(23)12(10)8-17-16(24)21(3)9-14-20-19-13-5-4-6-22(13)14/h7H,4-6,8-9H2,1-3H3,(H,17,24)(H,18,23). The molecule has 2 aromatic rings. The van der Waals surface area contributed by atoms with Gasteiger partial charge in [-0.25, -0.2) is 4.79 Å². The van der Waals surface area contributed by atoms with E-state index in [1.54, 1.807) is 11.9 Å². The molecule has 1 aliphatic rings. The van der Waals surface area contributed by atoms with E-state index in [-0.39, 0.29) is 18.1 Å². The molecule has 0 unspecified atom stereocenters. The summed E-state index contributed by atoms with van der Waals surface area (Å²) in [4.78, 5) is 28.6.